The minimum Gasteiger partial charge on any atom is -0.342 e. The summed E-state index contributed by atoms with van der Waals surface area (Å²) in [5.74, 6) is -0.0453. The molecule has 0 atom stereocenters. The Morgan fingerprint density at radius 2 is 1.90 bits per heavy atom. The fraction of sp³-hybridized carbons (Fsp3) is 0.500. The van der Waals surface area contributed by atoms with Crippen LogP contribution in [0.3, 0.4) is 0 Å². The maximum Gasteiger partial charge on any atom is 0.252 e. The number of hydrogen-bond donors (Lipinski definition) is 1. The summed E-state index contributed by atoms with van der Waals surface area (Å²) in [5.41, 5.74) is 0.122. The van der Waals surface area contributed by atoms with Crippen LogP contribution in [0, 0.1) is 0 Å². The summed E-state index contributed by atoms with van der Waals surface area (Å²) in [7, 11) is 0. The third kappa shape index (κ3) is 2.93. The predicted molar refractivity (Wildman–Crippen MR) is 86.6 cm³/mol. The Labute approximate surface area is 130 Å². The van der Waals surface area contributed by atoms with Gasteiger partial charge in [-0.05, 0) is 31.2 Å². The van der Waals surface area contributed by atoms with E-state index in [9.17, 15) is 9.59 Å². The average Bonchev–Trinajstić information content (AvgIpc) is 2.64. The van der Waals surface area contributed by atoms with Gasteiger partial charge in [0.05, 0.1) is 5.69 Å². The van der Waals surface area contributed by atoms with Gasteiger partial charge in [-0.15, -0.1) is 11.8 Å². The Balaban J connectivity index is 2.47. The molecule has 1 N–H and O–H groups in total. The molecular formula is C16H22N2O2S. The summed E-state index contributed by atoms with van der Waals surface area (Å²) in [6.45, 7) is 4.33. The van der Waals surface area contributed by atoms with Gasteiger partial charge in [0.2, 0.25) is 5.91 Å². The van der Waals surface area contributed by atoms with Crippen LogP contribution in [0.5, 0.6) is 0 Å². The van der Waals surface area contributed by atoms with E-state index in [-0.39, 0.29) is 11.8 Å². The molecule has 21 heavy (non-hydrogen) atoms. The molecule has 114 valence electrons. The molecule has 5 heteroatoms. The average molecular weight is 306 g/mol. The minimum absolute atomic E-state index is 0.000139. The van der Waals surface area contributed by atoms with Gasteiger partial charge in [-0.2, -0.15) is 0 Å². The van der Waals surface area contributed by atoms with Crippen molar-refractivity contribution in [3.8, 4) is 0 Å². The van der Waals surface area contributed by atoms with Gasteiger partial charge in [-0.3, -0.25) is 9.59 Å². The van der Waals surface area contributed by atoms with Crippen LogP contribution in [0.1, 0.15) is 33.1 Å². The van der Waals surface area contributed by atoms with Crippen molar-refractivity contribution in [2.75, 3.05) is 17.7 Å². The highest BCUT2D eigenvalue weighted by Gasteiger charge is 2.42. The fourth-order valence-corrected chi connectivity index (χ4v) is 3.37. The van der Waals surface area contributed by atoms with E-state index in [4.69, 9.17) is 0 Å². The van der Waals surface area contributed by atoms with E-state index in [1.54, 1.807) is 16.7 Å². The van der Waals surface area contributed by atoms with Crippen molar-refractivity contribution < 1.29 is 9.59 Å². The lowest BCUT2D eigenvalue weighted by Crippen LogP contribution is -2.56. The molecular weight excluding hydrogens is 284 g/mol. The summed E-state index contributed by atoms with van der Waals surface area (Å²) in [6, 6.07) is 7.86. The van der Waals surface area contributed by atoms with Crippen molar-refractivity contribution >= 4 is 29.3 Å². The Morgan fingerprint density at radius 1 is 1.24 bits per heavy atom. The molecule has 0 bridgehead atoms. The van der Waals surface area contributed by atoms with E-state index in [0.29, 0.717) is 25.8 Å². The first kappa shape index (κ1) is 15.9. The van der Waals surface area contributed by atoms with Crippen molar-refractivity contribution in [1.82, 2.24) is 5.32 Å². The standard InChI is InChI=1S/C16H22N2O2S/c1-4-16(5-2)15(20)18(11-10-14(19)17-16)12-8-6-7-9-13(12)21-3/h6-9H,4-5,10-11H2,1-3H3,(H,17,19). The van der Waals surface area contributed by atoms with E-state index in [1.807, 2.05) is 44.4 Å². The second kappa shape index (κ2) is 6.52. The molecule has 0 saturated carbocycles. The Kier molecular flexibility index (Phi) is 4.93. The topological polar surface area (TPSA) is 49.4 Å². The Bertz CT molecular complexity index is 541. The monoisotopic (exact) mass is 306 g/mol. The number of carbonyl (C=O) groups excluding carboxylic acids is 2. The normalized spacial score (nSPS) is 18.3. The second-order valence-corrected chi connectivity index (χ2v) is 6.06. The zero-order valence-corrected chi connectivity index (χ0v) is 13.6. The van der Waals surface area contributed by atoms with Crippen molar-refractivity contribution in [3.05, 3.63) is 24.3 Å². The molecule has 1 fully saturated rings. The predicted octanol–water partition coefficient (Wildman–Crippen LogP) is 2.82. The van der Waals surface area contributed by atoms with Crippen molar-refractivity contribution in [2.24, 2.45) is 0 Å². The van der Waals surface area contributed by atoms with Gasteiger partial charge in [-0.25, -0.2) is 0 Å². The summed E-state index contributed by atoms with van der Waals surface area (Å²) >= 11 is 1.61. The van der Waals surface area contributed by atoms with Gasteiger partial charge in [-0.1, -0.05) is 26.0 Å². The summed E-state index contributed by atoms with van der Waals surface area (Å²) in [4.78, 5) is 27.9. The zero-order chi connectivity index (χ0) is 15.5. The molecule has 1 heterocycles. The number of rotatable bonds is 4. The SMILES string of the molecule is CCC1(CC)NC(=O)CCN(c2ccccc2SC)C1=O. The molecule has 0 unspecified atom stereocenters. The number of hydrogen-bond acceptors (Lipinski definition) is 3. The molecule has 2 rings (SSSR count). The van der Waals surface area contributed by atoms with Crippen LogP contribution in [0.15, 0.2) is 29.2 Å². The van der Waals surface area contributed by atoms with Crippen LogP contribution in [0.4, 0.5) is 5.69 Å². The summed E-state index contributed by atoms with van der Waals surface area (Å²) in [6.07, 6.45) is 3.55. The first-order valence-electron chi connectivity index (χ1n) is 7.34. The summed E-state index contributed by atoms with van der Waals surface area (Å²) < 4.78 is 0. The lowest BCUT2D eigenvalue weighted by atomic mass is 9.91. The quantitative estimate of drug-likeness (QED) is 0.870. The molecule has 4 nitrogen and oxygen atoms in total. The van der Waals surface area contributed by atoms with Crippen LogP contribution in [0.2, 0.25) is 0 Å². The van der Waals surface area contributed by atoms with E-state index in [1.165, 1.54) is 0 Å². The van der Waals surface area contributed by atoms with Crippen LogP contribution in [-0.2, 0) is 9.59 Å². The van der Waals surface area contributed by atoms with Gasteiger partial charge in [0.15, 0.2) is 0 Å². The third-order valence-corrected chi connectivity index (χ3v) is 4.96. The molecule has 1 aromatic rings. The third-order valence-electron chi connectivity index (χ3n) is 4.18. The number of carbonyl (C=O) groups is 2. The molecule has 1 aromatic carbocycles. The van der Waals surface area contributed by atoms with E-state index in [0.717, 1.165) is 10.6 Å². The fourth-order valence-electron chi connectivity index (χ4n) is 2.77. The maximum absolute atomic E-state index is 13.0. The molecule has 2 amide bonds. The first-order valence-corrected chi connectivity index (χ1v) is 8.56. The van der Waals surface area contributed by atoms with Gasteiger partial charge in [0.25, 0.3) is 5.91 Å². The number of amides is 2. The summed E-state index contributed by atoms with van der Waals surface area (Å²) in [5, 5.41) is 2.94. The molecule has 0 radical (unpaired) electrons. The second-order valence-electron chi connectivity index (χ2n) is 5.22. The number of para-hydroxylation sites is 1. The molecule has 0 spiro atoms. The van der Waals surface area contributed by atoms with E-state index >= 15 is 0 Å². The number of benzene rings is 1. The van der Waals surface area contributed by atoms with Gasteiger partial charge in [0, 0.05) is 17.9 Å². The highest BCUT2D eigenvalue weighted by Crippen LogP contribution is 2.32. The maximum atomic E-state index is 13.0. The van der Waals surface area contributed by atoms with E-state index in [2.05, 4.69) is 5.32 Å². The number of nitrogens with one attached hydrogen (secondary N) is 1. The van der Waals surface area contributed by atoms with Crippen molar-refractivity contribution in [3.63, 3.8) is 0 Å². The molecule has 0 aliphatic carbocycles. The molecule has 1 aliphatic heterocycles. The van der Waals surface area contributed by atoms with Crippen LogP contribution in [0.25, 0.3) is 0 Å². The van der Waals surface area contributed by atoms with Crippen LogP contribution < -0.4 is 10.2 Å². The Hall–Kier alpha value is -1.49. The highest BCUT2D eigenvalue weighted by molar-refractivity contribution is 7.98. The number of thioether (sulfide) groups is 1. The number of nitrogens with zero attached hydrogens (tertiary/aromatic N) is 1. The molecule has 0 aromatic heterocycles. The van der Waals surface area contributed by atoms with Crippen LogP contribution >= 0.6 is 11.8 Å². The van der Waals surface area contributed by atoms with Crippen molar-refractivity contribution in [2.45, 2.75) is 43.5 Å². The minimum atomic E-state index is -0.779. The molecule has 1 aliphatic rings. The van der Waals surface area contributed by atoms with Gasteiger partial charge in [0.1, 0.15) is 5.54 Å². The first-order chi connectivity index (χ1) is 10.1. The largest absolute Gasteiger partial charge is 0.342 e. The molecule has 1 saturated heterocycles. The van der Waals surface area contributed by atoms with Crippen molar-refractivity contribution in [1.29, 1.82) is 0 Å². The lowest BCUT2D eigenvalue weighted by Gasteiger charge is -2.34. The van der Waals surface area contributed by atoms with Crippen LogP contribution in [-0.4, -0.2) is 30.2 Å². The van der Waals surface area contributed by atoms with Gasteiger partial charge >= 0.3 is 0 Å². The zero-order valence-electron chi connectivity index (χ0n) is 12.8. The number of anilines is 1. The smallest absolute Gasteiger partial charge is 0.252 e. The van der Waals surface area contributed by atoms with Gasteiger partial charge < -0.3 is 10.2 Å². The van der Waals surface area contributed by atoms with E-state index < -0.39 is 5.54 Å². The lowest BCUT2D eigenvalue weighted by molar-refractivity contribution is -0.130. The highest BCUT2D eigenvalue weighted by atomic mass is 32.2. The Morgan fingerprint density at radius 3 is 2.52 bits per heavy atom.